The number of nitrogens with one attached hydrogen (secondary N) is 1. The molecular formula is C28H31F2N5O4. The first-order valence-corrected chi connectivity index (χ1v) is 12.9. The molecule has 5 rings (SSSR count). The van der Waals surface area contributed by atoms with Crippen LogP contribution < -0.4 is 21.3 Å². The largest absolute Gasteiger partial charge is 0.437 e. The number of hydrogen-bond donors (Lipinski definition) is 3. The van der Waals surface area contributed by atoms with Gasteiger partial charge in [0, 0.05) is 31.3 Å². The molecule has 206 valence electrons. The molecule has 0 radical (unpaired) electrons. The highest BCUT2D eigenvalue weighted by Gasteiger charge is 2.57. The Hall–Kier alpha value is -3.83. The van der Waals surface area contributed by atoms with E-state index < -0.39 is 42.5 Å². The van der Waals surface area contributed by atoms with E-state index in [9.17, 15) is 14.7 Å². The van der Waals surface area contributed by atoms with Gasteiger partial charge < -0.3 is 25.8 Å². The summed E-state index contributed by atoms with van der Waals surface area (Å²) in [4.78, 5) is 31.5. The van der Waals surface area contributed by atoms with Crippen LogP contribution in [0.3, 0.4) is 0 Å². The number of likely N-dealkylation sites (tertiary alicyclic amines) is 1. The molecule has 2 aliphatic heterocycles. The van der Waals surface area contributed by atoms with Crippen LogP contribution in [0.4, 0.5) is 14.5 Å². The Morgan fingerprint density at radius 2 is 1.85 bits per heavy atom. The second-order valence-corrected chi connectivity index (χ2v) is 10.2. The molecule has 2 aromatic carbocycles. The maximum atomic E-state index is 15.5. The topological polar surface area (TPSA) is 123 Å². The Kier molecular flexibility index (Phi) is 7.37. The molecule has 2 fully saturated rings. The van der Waals surface area contributed by atoms with Gasteiger partial charge in [-0.05, 0) is 30.7 Å². The van der Waals surface area contributed by atoms with Gasteiger partial charge in [-0.2, -0.15) is 0 Å². The minimum absolute atomic E-state index is 0.0662. The van der Waals surface area contributed by atoms with Gasteiger partial charge in [-0.1, -0.05) is 48.5 Å². The van der Waals surface area contributed by atoms with Gasteiger partial charge in [0.05, 0.1) is 13.1 Å². The SMILES string of the molecule is Nc1c(Oc2ccccc2)ncn(C[C@@]2(O)CCN(C(=O)[C@@H]3CCNC[C@H]3c3ccccc3)CC2(F)F)c1=O. The van der Waals surface area contributed by atoms with Crippen molar-refractivity contribution in [3.05, 3.63) is 82.9 Å². The fourth-order valence-corrected chi connectivity index (χ4v) is 5.36. The van der Waals surface area contributed by atoms with Crippen molar-refractivity contribution in [1.82, 2.24) is 19.8 Å². The van der Waals surface area contributed by atoms with Crippen LogP contribution in [0.1, 0.15) is 24.3 Å². The number of ether oxygens (including phenoxy) is 1. The Morgan fingerprint density at radius 3 is 2.54 bits per heavy atom. The van der Waals surface area contributed by atoms with Crippen molar-refractivity contribution in [2.45, 2.75) is 36.8 Å². The van der Waals surface area contributed by atoms with Gasteiger partial charge >= 0.3 is 0 Å². The zero-order chi connectivity index (χ0) is 27.6. The van der Waals surface area contributed by atoms with Crippen molar-refractivity contribution in [3.8, 4) is 11.6 Å². The number of aromatic nitrogens is 2. The third-order valence-corrected chi connectivity index (χ3v) is 7.63. The number of piperidine rings is 2. The molecule has 39 heavy (non-hydrogen) atoms. The smallest absolute Gasteiger partial charge is 0.295 e. The Bertz CT molecular complexity index is 1370. The highest BCUT2D eigenvalue weighted by Crippen LogP contribution is 2.40. The standard InChI is InChI=1S/C28H31F2N5O4/c29-28(30)17-34(25(36)21-11-13-32-15-22(21)19-7-3-1-4-8-19)14-12-27(28,38)16-35-18-33-24(23(31)26(35)37)39-20-9-5-2-6-10-20/h1-10,18,21-22,32,38H,11-17,31H2/t21-,22+,27+/m1/s1. The predicted molar refractivity (Wildman–Crippen MR) is 141 cm³/mol. The average Bonchev–Trinajstić information content (AvgIpc) is 2.95. The molecule has 9 nitrogen and oxygen atoms in total. The molecule has 3 aromatic rings. The maximum Gasteiger partial charge on any atom is 0.295 e. The number of carbonyl (C=O) groups is 1. The summed E-state index contributed by atoms with van der Waals surface area (Å²) in [5.74, 6) is -4.36. The highest BCUT2D eigenvalue weighted by atomic mass is 19.3. The van der Waals surface area contributed by atoms with E-state index in [2.05, 4.69) is 10.3 Å². The summed E-state index contributed by atoms with van der Waals surface area (Å²) < 4.78 is 37.4. The van der Waals surface area contributed by atoms with E-state index in [0.29, 0.717) is 25.3 Å². The van der Waals surface area contributed by atoms with Gasteiger partial charge in [-0.25, -0.2) is 13.8 Å². The Morgan fingerprint density at radius 1 is 1.15 bits per heavy atom. The number of rotatable bonds is 6. The summed E-state index contributed by atoms with van der Waals surface area (Å²) in [6.07, 6.45) is 1.14. The molecule has 2 aliphatic rings. The van der Waals surface area contributed by atoms with Gasteiger partial charge in [0.15, 0.2) is 5.69 Å². The number of aliphatic hydroxyl groups is 1. The van der Waals surface area contributed by atoms with Gasteiger partial charge in [-0.3, -0.25) is 14.2 Å². The van der Waals surface area contributed by atoms with Crippen molar-refractivity contribution in [1.29, 1.82) is 0 Å². The van der Waals surface area contributed by atoms with Crippen molar-refractivity contribution in [2.75, 3.05) is 31.9 Å². The molecule has 0 saturated carbocycles. The zero-order valence-electron chi connectivity index (χ0n) is 21.3. The molecular weight excluding hydrogens is 508 g/mol. The lowest BCUT2D eigenvalue weighted by molar-refractivity contribution is -0.223. The summed E-state index contributed by atoms with van der Waals surface area (Å²) in [6.45, 7) is -0.543. The molecule has 0 aliphatic carbocycles. The molecule has 0 unspecified atom stereocenters. The van der Waals surface area contributed by atoms with E-state index in [1.807, 2.05) is 30.3 Å². The molecule has 0 bridgehead atoms. The van der Waals surface area contributed by atoms with Crippen molar-refractivity contribution >= 4 is 11.6 Å². The minimum atomic E-state index is -3.68. The number of nitrogen functional groups attached to an aromatic ring is 1. The molecule has 3 atom stereocenters. The lowest BCUT2D eigenvalue weighted by Crippen LogP contribution is -2.64. The van der Waals surface area contributed by atoms with Crippen LogP contribution in [0.15, 0.2) is 71.8 Å². The zero-order valence-corrected chi connectivity index (χ0v) is 21.3. The summed E-state index contributed by atoms with van der Waals surface area (Å²) in [6, 6.07) is 18.1. The average molecular weight is 540 g/mol. The number of anilines is 1. The third-order valence-electron chi connectivity index (χ3n) is 7.63. The van der Waals surface area contributed by atoms with Gasteiger partial charge in [0.25, 0.3) is 11.5 Å². The van der Waals surface area contributed by atoms with Crippen molar-refractivity contribution in [3.63, 3.8) is 0 Å². The van der Waals surface area contributed by atoms with Crippen LogP contribution in [-0.2, 0) is 11.3 Å². The lowest BCUT2D eigenvalue weighted by atomic mass is 9.79. The molecule has 1 aromatic heterocycles. The van der Waals surface area contributed by atoms with Crippen LogP contribution in [0, 0.1) is 5.92 Å². The third kappa shape index (κ3) is 5.37. The summed E-state index contributed by atoms with van der Waals surface area (Å²) in [5, 5.41) is 14.3. The number of carbonyl (C=O) groups excluding carboxylic acids is 1. The maximum absolute atomic E-state index is 15.5. The first kappa shape index (κ1) is 26.8. The summed E-state index contributed by atoms with van der Waals surface area (Å²) >= 11 is 0. The van der Waals surface area contributed by atoms with Crippen LogP contribution in [0.25, 0.3) is 0 Å². The number of nitrogens with two attached hydrogens (primary N) is 1. The molecule has 2 saturated heterocycles. The van der Waals surface area contributed by atoms with Gasteiger partial charge in [0.2, 0.25) is 11.8 Å². The van der Waals surface area contributed by atoms with Gasteiger partial charge in [0.1, 0.15) is 17.7 Å². The first-order chi connectivity index (χ1) is 18.7. The fourth-order valence-electron chi connectivity index (χ4n) is 5.36. The fraction of sp³-hybridized carbons (Fsp3) is 0.393. The number of alkyl halides is 2. The van der Waals surface area contributed by atoms with Crippen LogP contribution in [0.2, 0.25) is 0 Å². The Labute approximate surface area is 224 Å². The lowest BCUT2D eigenvalue weighted by Gasteiger charge is -2.46. The van der Waals surface area contributed by atoms with E-state index in [4.69, 9.17) is 10.5 Å². The molecule has 1 amide bonds. The van der Waals surface area contributed by atoms with Crippen LogP contribution >= 0.6 is 0 Å². The predicted octanol–water partition coefficient (Wildman–Crippen LogP) is 2.61. The summed E-state index contributed by atoms with van der Waals surface area (Å²) in [5.41, 5.74) is 3.14. The number of amides is 1. The molecule has 3 heterocycles. The molecule has 11 heteroatoms. The van der Waals surface area contributed by atoms with E-state index >= 15 is 8.78 Å². The van der Waals surface area contributed by atoms with Crippen LogP contribution in [0.5, 0.6) is 11.6 Å². The number of benzene rings is 2. The number of hydrogen-bond acceptors (Lipinski definition) is 7. The monoisotopic (exact) mass is 539 g/mol. The van der Waals surface area contributed by atoms with E-state index in [-0.39, 0.29) is 29.9 Å². The molecule has 0 spiro atoms. The normalized spacial score (nSPS) is 24.7. The highest BCUT2D eigenvalue weighted by molar-refractivity contribution is 5.80. The van der Waals surface area contributed by atoms with E-state index in [0.717, 1.165) is 21.4 Å². The number of halogens is 2. The quantitative estimate of drug-likeness (QED) is 0.440. The van der Waals surface area contributed by atoms with E-state index in [1.54, 1.807) is 30.3 Å². The second-order valence-electron chi connectivity index (χ2n) is 10.2. The Balaban J connectivity index is 1.30. The van der Waals surface area contributed by atoms with Crippen molar-refractivity contribution in [2.24, 2.45) is 5.92 Å². The summed E-state index contributed by atoms with van der Waals surface area (Å²) in [7, 11) is 0. The first-order valence-electron chi connectivity index (χ1n) is 12.9. The minimum Gasteiger partial charge on any atom is -0.437 e. The number of para-hydroxylation sites is 1. The van der Waals surface area contributed by atoms with Crippen molar-refractivity contribution < 1.29 is 23.4 Å². The van der Waals surface area contributed by atoms with Gasteiger partial charge in [-0.15, -0.1) is 0 Å². The van der Waals surface area contributed by atoms with E-state index in [1.165, 1.54) is 0 Å². The van der Waals surface area contributed by atoms with Crippen LogP contribution in [-0.4, -0.2) is 63.2 Å². The molecule has 4 N–H and O–H groups in total. The second kappa shape index (κ2) is 10.7. The number of nitrogens with zero attached hydrogens (tertiary/aromatic N) is 3.